The Morgan fingerprint density at radius 3 is 2.50 bits per heavy atom. The zero-order valence-electron chi connectivity index (χ0n) is 14.9. The van der Waals surface area contributed by atoms with Gasteiger partial charge in [0.05, 0.1) is 17.6 Å². The van der Waals surface area contributed by atoms with Crippen molar-refractivity contribution in [1.82, 2.24) is 10.0 Å². The molecule has 8 heteroatoms. The highest BCUT2D eigenvalue weighted by atomic mass is 32.2. The first-order valence-corrected chi connectivity index (χ1v) is 9.45. The summed E-state index contributed by atoms with van der Waals surface area (Å²) in [5.41, 5.74) is 1.12. The molecule has 0 atom stereocenters. The first-order chi connectivity index (χ1) is 12.4. The second kappa shape index (κ2) is 8.68. The van der Waals surface area contributed by atoms with E-state index in [1.807, 2.05) is 31.2 Å². The molecule has 2 aromatic rings. The Labute approximate surface area is 153 Å². The van der Waals surface area contributed by atoms with Crippen molar-refractivity contribution in [3.63, 3.8) is 0 Å². The van der Waals surface area contributed by atoms with Crippen molar-refractivity contribution < 1.29 is 22.7 Å². The van der Waals surface area contributed by atoms with Crippen LogP contribution in [0.1, 0.15) is 15.9 Å². The van der Waals surface area contributed by atoms with Crippen molar-refractivity contribution in [2.24, 2.45) is 0 Å². The molecule has 2 rings (SSSR count). The zero-order valence-corrected chi connectivity index (χ0v) is 15.7. The van der Waals surface area contributed by atoms with Crippen LogP contribution in [0.15, 0.2) is 47.4 Å². The average Bonchev–Trinajstić information content (AvgIpc) is 2.65. The molecular weight excluding hydrogens is 356 g/mol. The summed E-state index contributed by atoms with van der Waals surface area (Å²) in [5, 5.41) is 2.46. The molecule has 0 aliphatic heterocycles. The van der Waals surface area contributed by atoms with Gasteiger partial charge in [-0.3, -0.25) is 4.79 Å². The molecule has 0 saturated heterocycles. The van der Waals surface area contributed by atoms with Crippen LogP contribution in [0, 0.1) is 6.92 Å². The van der Waals surface area contributed by atoms with E-state index in [0.29, 0.717) is 11.5 Å². The topological polar surface area (TPSA) is 93.7 Å². The molecule has 2 aromatic carbocycles. The van der Waals surface area contributed by atoms with E-state index in [1.54, 1.807) is 0 Å². The Morgan fingerprint density at radius 2 is 1.85 bits per heavy atom. The van der Waals surface area contributed by atoms with Gasteiger partial charge >= 0.3 is 0 Å². The van der Waals surface area contributed by atoms with Crippen LogP contribution in [0.3, 0.4) is 0 Å². The van der Waals surface area contributed by atoms with Crippen molar-refractivity contribution in [2.75, 3.05) is 27.3 Å². The summed E-state index contributed by atoms with van der Waals surface area (Å²) >= 11 is 0. The monoisotopic (exact) mass is 378 g/mol. The Morgan fingerprint density at radius 1 is 1.12 bits per heavy atom. The summed E-state index contributed by atoms with van der Waals surface area (Å²) in [6.45, 7) is 2.19. The first kappa shape index (κ1) is 19.7. The Kier molecular flexibility index (Phi) is 6.59. The van der Waals surface area contributed by atoms with Crippen molar-refractivity contribution in [2.45, 2.75) is 11.8 Å². The second-order valence-electron chi connectivity index (χ2n) is 5.45. The highest BCUT2D eigenvalue weighted by Crippen LogP contribution is 2.22. The van der Waals surface area contributed by atoms with Gasteiger partial charge in [-0.25, -0.2) is 13.1 Å². The third-order valence-corrected chi connectivity index (χ3v) is 5.16. The summed E-state index contributed by atoms with van der Waals surface area (Å²) in [5.74, 6) is 0.575. The van der Waals surface area contributed by atoms with Crippen LogP contribution in [0.4, 0.5) is 0 Å². The number of hydrogen-bond donors (Lipinski definition) is 2. The fourth-order valence-corrected chi connectivity index (χ4v) is 3.34. The number of methoxy groups -OCH3 is 1. The Balaban J connectivity index is 2.05. The molecule has 1 amide bonds. The summed E-state index contributed by atoms with van der Waals surface area (Å²) in [6.07, 6.45) is 0. The number of carbonyl (C=O) groups excluding carboxylic acids is 1. The molecule has 0 spiro atoms. The number of hydrogen-bond acceptors (Lipinski definition) is 5. The second-order valence-corrected chi connectivity index (χ2v) is 7.22. The molecule has 0 saturated carbocycles. The lowest BCUT2D eigenvalue weighted by Crippen LogP contribution is -2.29. The quantitative estimate of drug-likeness (QED) is 0.682. The molecule has 0 bridgehead atoms. The van der Waals surface area contributed by atoms with Crippen LogP contribution in [0.2, 0.25) is 0 Å². The molecule has 0 heterocycles. The van der Waals surface area contributed by atoms with E-state index in [2.05, 4.69) is 10.0 Å². The summed E-state index contributed by atoms with van der Waals surface area (Å²) in [4.78, 5) is 11.9. The molecule has 7 nitrogen and oxygen atoms in total. The van der Waals surface area contributed by atoms with Crippen molar-refractivity contribution in [3.05, 3.63) is 53.6 Å². The van der Waals surface area contributed by atoms with Gasteiger partial charge in [0.25, 0.3) is 5.91 Å². The molecule has 0 unspecified atom stereocenters. The smallest absolute Gasteiger partial charge is 0.254 e. The van der Waals surface area contributed by atoms with Gasteiger partial charge in [0, 0.05) is 13.6 Å². The van der Waals surface area contributed by atoms with Crippen molar-refractivity contribution in [3.8, 4) is 11.5 Å². The molecule has 2 N–H and O–H groups in total. The number of para-hydroxylation sites is 1. The summed E-state index contributed by atoms with van der Waals surface area (Å²) in [7, 11) is -0.903. The van der Waals surface area contributed by atoms with Gasteiger partial charge in [-0.1, -0.05) is 18.2 Å². The van der Waals surface area contributed by atoms with Gasteiger partial charge in [0.1, 0.15) is 18.1 Å². The predicted molar refractivity (Wildman–Crippen MR) is 98.2 cm³/mol. The SMILES string of the molecule is CNC(=O)c1cc(S(=O)(=O)NCCOc2ccccc2C)ccc1OC. The number of rotatable bonds is 8. The lowest BCUT2D eigenvalue weighted by molar-refractivity contribution is 0.0960. The zero-order chi connectivity index (χ0) is 19.2. The number of nitrogens with one attached hydrogen (secondary N) is 2. The fraction of sp³-hybridized carbons (Fsp3) is 0.278. The highest BCUT2D eigenvalue weighted by molar-refractivity contribution is 7.89. The maximum atomic E-state index is 12.4. The van der Waals surface area contributed by atoms with Gasteiger partial charge in [-0.15, -0.1) is 0 Å². The lowest BCUT2D eigenvalue weighted by Gasteiger charge is -2.12. The molecular formula is C18H22N2O5S. The molecule has 0 aromatic heterocycles. The van der Waals surface area contributed by atoms with E-state index < -0.39 is 15.9 Å². The number of amides is 1. The van der Waals surface area contributed by atoms with Crippen molar-refractivity contribution in [1.29, 1.82) is 0 Å². The molecule has 0 aliphatic carbocycles. The lowest BCUT2D eigenvalue weighted by atomic mass is 10.2. The normalized spacial score (nSPS) is 11.0. The van der Waals surface area contributed by atoms with E-state index in [9.17, 15) is 13.2 Å². The molecule has 26 heavy (non-hydrogen) atoms. The maximum Gasteiger partial charge on any atom is 0.254 e. The van der Waals surface area contributed by atoms with Gasteiger partial charge in [-0.05, 0) is 36.8 Å². The van der Waals surface area contributed by atoms with E-state index in [1.165, 1.54) is 32.4 Å². The predicted octanol–water partition coefficient (Wildman–Crippen LogP) is 1.72. The number of aryl methyl sites for hydroxylation is 1. The standard InChI is InChI=1S/C18H22N2O5S/c1-13-6-4-5-7-16(13)25-11-10-20-26(22,23)14-8-9-17(24-3)15(12-14)18(21)19-2/h4-9,12,20H,10-11H2,1-3H3,(H,19,21). The average molecular weight is 378 g/mol. The number of ether oxygens (including phenoxy) is 2. The number of sulfonamides is 1. The minimum absolute atomic E-state index is 0.0206. The molecule has 0 radical (unpaired) electrons. The van der Waals surface area contributed by atoms with Crippen LogP contribution < -0.4 is 19.5 Å². The van der Waals surface area contributed by atoms with E-state index >= 15 is 0 Å². The van der Waals surface area contributed by atoms with Gasteiger partial charge < -0.3 is 14.8 Å². The molecule has 0 fully saturated rings. The number of benzene rings is 2. The summed E-state index contributed by atoms with van der Waals surface area (Å²) in [6, 6.07) is 11.6. The minimum Gasteiger partial charge on any atom is -0.496 e. The van der Waals surface area contributed by atoms with Gasteiger partial charge in [0.15, 0.2) is 0 Å². The maximum absolute atomic E-state index is 12.4. The van der Waals surface area contributed by atoms with Crippen LogP contribution in [-0.2, 0) is 10.0 Å². The fourth-order valence-electron chi connectivity index (χ4n) is 2.31. The largest absolute Gasteiger partial charge is 0.496 e. The van der Waals surface area contributed by atoms with E-state index in [4.69, 9.17) is 9.47 Å². The Bertz CT molecular complexity index is 881. The minimum atomic E-state index is -3.78. The van der Waals surface area contributed by atoms with Gasteiger partial charge in [-0.2, -0.15) is 0 Å². The van der Waals surface area contributed by atoms with Gasteiger partial charge in [0.2, 0.25) is 10.0 Å². The van der Waals surface area contributed by atoms with E-state index in [0.717, 1.165) is 5.56 Å². The third kappa shape index (κ3) is 4.74. The molecule has 140 valence electrons. The van der Waals surface area contributed by atoms with E-state index in [-0.39, 0.29) is 23.6 Å². The Hall–Kier alpha value is -2.58. The number of carbonyl (C=O) groups is 1. The van der Waals surface area contributed by atoms with Crippen LogP contribution in [-0.4, -0.2) is 41.6 Å². The molecule has 0 aliphatic rings. The van der Waals surface area contributed by atoms with Crippen molar-refractivity contribution >= 4 is 15.9 Å². The first-order valence-electron chi connectivity index (χ1n) is 7.97. The highest BCUT2D eigenvalue weighted by Gasteiger charge is 2.19. The third-order valence-electron chi connectivity index (χ3n) is 3.70. The summed E-state index contributed by atoms with van der Waals surface area (Å²) < 4.78 is 38.0. The van der Waals surface area contributed by atoms with Crippen LogP contribution in [0.25, 0.3) is 0 Å². The van der Waals surface area contributed by atoms with Crippen LogP contribution in [0.5, 0.6) is 11.5 Å². The van der Waals surface area contributed by atoms with Crippen LogP contribution >= 0.6 is 0 Å².